The molecule has 0 aliphatic carbocycles. The van der Waals surface area contributed by atoms with E-state index in [4.69, 9.17) is 0 Å². The van der Waals surface area contributed by atoms with E-state index in [9.17, 15) is 0 Å². The minimum atomic E-state index is 0.413. The molecule has 2 aromatic rings. The van der Waals surface area contributed by atoms with Crippen LogP contribution in [0.2, 0.25) is 0 Å². The zero-order valence-corrected chi connectivity index (χ0v) is 13.9. The van der Waals surface area contributed by atoms with Crippen LogP contribution in [0.15, 0.2) is 59.5 Å². The molecule has 3 rings (SSSR count). The van der Waals surface area contributed by atoms with Crippen molar-refractivity contribution in [2.45, 2.75) is 36.4 Å². The van der Waals surface area contributed by atoms with Gasteiger partial charge in [-0.1, -0.05) is 48.5 Å². The van der Waals surface area contributed by atoms with Crippen molar-refractivity contribution in [3.63, 3.8) is 0 Å². The highest BCUT2D eigenvalue weighted by Gasteiger charge is 2.25. The predicted octanol–water partition coefficient (Wildman–Crippen LogP) is 3.99. The Labute approximate surface area is 137 Å². The highest BCUT2D eigenvalue weighted by Crippen LogP contribution is 2.25. The van der Waals surface area contributed by atoms with E-state index >= 15 is 0 Å². The van der Waals surface area contributed by atoms with E-state index in [0.717, 1.165) is 13.1 Å². The monoisotopic (exact) mass is 312 g/mol. The summed E-state index contributed by atoms with van der Waals surface area (Å²) in [6.07, 6.45) is 4.62. The normalized spacial score (nSPS) is 21.7. The smallest absolute Gasteiger partial charge is 0.0476 e. The maximum Gasteiger partial charge on any atom is 0.0476 e. The Hall–Kier alpha value is -1.29. The van der Waals surface area contributed by atoms with Crippen LogP contribution < -0.4 is 10.6 Å². The van der Waals surface area contributed by atoms with E-state index in [2.05, 4.69) is 71.5 Å². The number of rotatable bonds is 5. The molecular weight excluding hydrogens is 288 g/mol. The van der Waals surface area contributed by atoms with Crippen LogP contribution >= 0.6 is 11.8 Å². The fourth-order valence-electron chi connectivity index (χ4n) is 3.21. The fraction of sp³-hybridized carbons (Fsp3) is 0.368. The van der Waals surface area contributed by atoms with Crippen molar-refractivity contribution in [1.29, 1.82) is 0 Å². The standard InChI is InChI=1S/C19H24N2S/c1-22-18-12-6-5-10-16(18)14-21-17-11-7-13-20-19(17)15-8-3-2-4-9-15/h2-6,8-10,12,17,19-21H,7,11,13-14H2,1H3. The van der Waals surface area contributed by atoms with Crippen molar-refractivity contribution in [3.05, 3.63) is 65.7 Å². The average Bonchev–Trinajstić information content (AvgIpc) is 2.61. The average molecular weight is 312 g/mol. The molecule has 116 valence electrons. The van der Waals surface area contributed by atoms with Gasteiger partial charge in [-0.3, -0.25) is 0 Å². The van der Waals surface area contributed by atoms with Gasteiger partial charge in [-0.15, -0.1) is 11.8 Å². The van der Waals surface area contributed by atoms with Crippen molar-refractivity contribution in [1.82, 2.24) is 10.6 Å². The maximum absolute atomic E-state index is 3.79. The van der Waals surface area contributed by atoms with Crippen molar-refractivity contribution in [3.8, 4) is 0 Å². The summed E-state index contributed by atoms with van der Waals surface area (Å²) in [5.41, 5.74) is 2.78. The van der Waals surface area contributed by atoms with Gasteiger partial charge >= 0.3 is 0 Å². The molecule has 0 saturated carbocycles. The highest BCUT2D eigenvalue weighted by molar-refractivity contribution is 7.98. The van der Waals surface area contributed by atoms with Gasteiger partial charge in [-0.25, -0.2) is 0 Å². The van der Waals surface area contributed by atoms with Crippen LogP contribution in [0.25, 0.3) is 0 Å². The second kappa shape index (κ2) is 7.82. The maximum atomic E-state index is 3.79. The fourth-order valence-corrected chi connectivity index (χ4v) is 3.83. The van der Waals surface area contributed by atoms with E-state index < -0.39 is 0 Å². The number of hydrogen-bond acceptors (Lipinski definition) is 3. The summed E-state index contributed by atoms with van der Waals surface area (Å²) in [6, 6.07) is 20.4. The Morgan fingerprint density at radius 2 is 1.86 bits per heavy atom. The van der Waals surface area contributed by atoms with Crippen molar-refractivity contribution in [2.24, 2.45) is 0 Å². The van der Waals surface area contributed by atoms with Gasteiger partial charge in [0.1, 0.15) is 0 Å². The summed E-state index contributed by atoms with van der Waals surface area (Å²) >= 11 is 1.82. The van der Waals surface area contributed by atoms with Crippen molar-refractivity contribution < 1.29 is 0 Å². The molecule has 0 spiro atoms. The van der Waals surface area contributed by atoms with Crippen LogP contribution in [0.1, 0.15) is 30.0 Å². The van der Waals surface area contributed by atoms with Gasteiger partial charge in [0.25, 0.3) is 0 Å². The van der Waals surface area contributed by atoms with E-state index in [-0.39, 0.29) is 0 Å². The Bertz CT molecular complexity index is 585. The first kappa shape index (κ1) is 15.6. The van der Waals surface area contributed by atoms with Gasteiger partial charge in [-0.2, -0.15) is 0 Å². The molecule has 0 bridgehead atoms. The minimum absolute atomic E-state index is 0.413. The second-order valence-electron chi connectivity index (χ2n) is 5.78. The van der Waals surface area contributed by atoms with Gasteiger partial charge in [0.2, 0.25) is 0 Å². The SMILES string of the molecule is CSc1ccccc1CNC1CCCNC1c1ccccc1. The van der Waals surface area contributed by atoms with Crippen LogP contribution in [-0.4, -0.2) is 18.8 Å². The van der Waals surface area contributed by atoms with E-state index in [1.54, 1.807) is 0 Å². The molecule has 1 aliphatic rings. The number of hydrogen-bond donors (Lipinski definition) is 2. The molecule has 2 aromatic carbocycles. The molecule has 0 radical (unpaired) electrons. The Kier molecular flexibility index (Phi) is 5.54. The van der Waals surface area contributed by atoms with Crippen LogP contribution in [0.4, 0.5) is 0 Å². The van der Waals surface area contributed by atoms with E-state index in [1.807, 2.05) is 11.8 Å². The predicted molar refractivity (Wildman–Crippen MR) is 95.3 cm³/mol. The summed E-state index contributed by atoms with van der Waals surface area (Å²) in [5.74, 6) is 0. The van der Waals surface area contributed by atoms with E-state index in [1.165, 1.54) is 28.9 Å². The van der Waals surface area contributed by atoms with Gasteiger partial charge in [0.05, 0.1) is 0 Å². The number of benzene rings is 2. The third-order valence-corrected chi connectivity index (χ3v) is 5.20. The number of thioether (sulfide) groups is 1. The Balaban J connectivity index is 1.69. The minimum Gasteiger partial charge on any atom is -0.309 e. The van der Waals surface area contributed by atoms with Crippen LogP contribution in [0, 0.1) is 0 Å². The molecule has 1 aliphatic heterocycles. The molecule has 2 unspecified atom stereocenters. The highest BCUT2D eigenvalue weighted by atomic mass is 32.2. The first-order valence-electron chi connectivity index (χ1n) is 8.02. The molecule has 1 saturated heterocycles. The Morgan fingerprint density at radius 3 is 2.68 bits per heavy atom. The molecule has 0 amide bonds. The number of nitrogens with one attached hydrogen (secondary N) is 2. The van der Waals surface area contributed by atoms with Gasteiger partial charge in [0.15, 0.2) is 0 Å². The molecule has 22 heavy (non-hydrogen) atoms. The van der Waals surface area contributed by atoms with Crippen molar-refractivity contribution in [2.75, 3.05) is 12.8 Å². The summed E-state index contributed by atoms with van der Waals surface area (Å²) in [7, 11) is 0. The third-order valence-electron chi connectivity index (χ3n) is 4.36. The molecule has 1 fully saturated rings. The zero-order valence-electron chi connectivity index (χ0n) is 13.1. The lowest BCUT2D eigenvalue weighted by Crippen LogP contribution is -2.45. The topological polar surface area (TPSA) is 24.1 Å². The first-order valence-corrected chi connectivity index (χ1v) is 9.24. The lowest BCUT2D eigenvalue weighted by atomic mass is 9.92. The molecule has 3 heteroatoms. The first-order chi connectivity index (χ1) is 10.9. The molecule has 2 N–H and O–H groups in total. The van der Waals surface area contributed by atoms with Crippen molar-refractivity contribution >= 4 is 11.8 Å². The summed E-state index contributed by atoms with van der Waals surface area (Å²) in [4.78, 5) is 1.37. The molecule has 0 aromatic heterocycles. The second-order valence-corrected chi connectivity index (χ2v) is 6.63. The lowest BCUT2D eigenvalue weighted by molar-refractivity contribution is 0.304. The van der Waals surface area contributed by atoms with E-state index in [0.29, 0.717) is 12.1 Å². The Morgan fingerprint density at radius 1 is 1.09 bits per heavy atom. The summed E-state index contributed by atoms with van der Waals surface area (Å²) in [5, 5.41) is 7.47. The summed E-state index contributed by atoms with van der Waals surface area (Å²) in [6.45, 7) is 2.05. The van der Waals surface area contributed by atoms with Crippen LogP contribution in [-0.2, 0) is 6.54 Å². The lowest BCUT2D eigenvalue weighted by Gasteiger charge is -2.34. The van der Waals surface area contributed by atoms with Crippen LogP contribution in [0.3, 0.4) is 0 Å². The number of piperidine rings is 1. The zero-order chi connectivity index (χ0) is 15.2. The van der Waals surface area contributed by atoms with Crippen LogP contribution in [0.5, 0.6) is 0 Å². The van der Waals surface area contributed by atoms with Gasteiger partial charge in [-0.05, 0) is 42.8 Å². The largest absolute Gasteiger partial charge is 0.309 e. The van der Waals surface area contributed by atoms with Gasteiger partial charge < -0.3 is 10.6 Å². The molecule has 2 atom stereocenters. The van der Waals surface area contributed by atoms with Gasteiger partial charge in [0, 0.05) is 23.5 Å². The molecule has 2 nitrogen and oxygen atoms in total. The quantitative estimate of drug-likeness (QED) is 0.816. The molecular formula is C19H24N2S. The summed E-state index contributed by atoms with van der Waals surface area (Å²) < 4.78 is 0. The molecule has 1 heterocycles. The third kappa shape index (κ3) is 3.72.